The molecule has 11 heteroatoms. The van der Waals surface area contributed by atoms with Crippen LogP contribution in [0.1, 0.15) is 53.4 Å². The molecule has 0 fully saturated rings. The number of nitrogens with two attached hydrogens (primary N) is 1. The van der Waals surface area contributed by atoms with E-state index in [4.69, 9.17) is 19.9 Å². The van der Waals surface area contributed by atoms with Crippen molar-refractivity contribution in [3.05, 3.63) is 59.0 Å². The van der Waals surface area contributed by atoms with Gasteiger partial charge in [0, 0.05) is 43.9 Å². The Kier molecular flexibility index (Phi) is 13.4. The Hall–Kier alpha value is -3.54. The van der Waals surface area contributed by atoms with Crippen molar-refractivity contribution in [3.63, 3.8) is 0 Å². The highest BCUT2D eigenvalue weighted by atomic mass is 16.6. The predicted molar refractivity (Wildman–Crippen MR) is 158 cm³/mol. The lowest BCUT2D eigenvalue weighted by Crippen LogP contribution is -2.38. The summed E-state index contributed by atoms with van der Waals surface area (Å²) >= 11 is 0. The molecular weight excluding hydrogens is 542 g/mol. The third-order valence-electron chi connectivity index (χ3n) is 7.54. The quantitative estimate of drug-likeness (QED) is 0.270. The molecule has 1 aliphatic carbocycles. The second kappa shape index (κ2) is 16.2. The summed E-state index contributed by atoms with van der Waals surface area (Å²) in [5.41, 5.74) is 6.63. The third kappa shape index (κ3) is 9.23. The van der Waals surface area contributed by atoms with Crippen LogP contribution in [-0.4, -0.2) is 73.9 Å². The highest BCUT2D eigenvalue weighted by molar-refractivity contribution is 6.23. The number of hydrogen-bond donors (Lipinski definition) is 4. The highest BCUT2D eigenvalue weighted by Gasteiger charge is 2.33. The van der Waals surface area contributed by atoms with Crippen LogP contribution in [0.3, 0.4) is 0 Å². The van der Waals surface area contributed by atoms with E-state index in [1.165, 1.54) is 14.2 Å². The molecule has 6 atom stereocenters. The summed E-state index contributed by atoms with van der Waals surface area (Å²) in [5, 5.41) is 16.8. The van der Waals surface area contributed by atoms with Crippen LogP contribution in [0.2, 0.25) is 0 Å². The second-order valence-corrected chi connectivity index (χ2v) is 10.9. The van der Waals surface area contributed by atoms with Gasteiger partial charge in [-0.3, -0.25) is 14.4 Å². The van der Waals surface area contributed by atoms with Crippen molar-refractivity contribution in [3.8, 4) is 0 Å². The number of primary amides is 1. The van der Waals surface area contributed by atoms with Crippen molar-refractivity contribution in [2.45, 2.75) is 77.8 Å². The number of carbonyl (C=O) groups excluding carboxylic acids is 4. The molecule has 2 rings (SSSR count). The Balaban J connectivity index is 2.57. The lowest BCUT2D eigenvalue weighted by molar-refractivity contribution is -0.120. The number of hydrogen-bond acceptors (Lipinski definition) is 9. The van der Waals surface area contributed by atoms with Gasteiger partial charge in [-0.25, -0.2) is 4.79 Å². The highest BCUT2D eigenvalue weighted by Crippen LogP contribution is 2.29. The lowest BCUT2D eigenvalue weighted by atomic mass is 9.85. The molecule has 1 heterocycles. The van der Waals surface area contributed by atoms with Crippen LogP contribution in [0, 0.1) is 11.8 Å². The standard InChI is InChI=1S/C31H45N3O8/c1-8-12-33-26-21-13-17(2)14-25(41-7)27(36)19(4)15-20(5)29(42-31(32)39)24(40-6)11-9-10-18(3)30(38)34-22(28(21)37)16-23(26)35/h8,10,15-17,19,24-25,27,29,33,36H,1,9,11-14H2,2-7H3,(H2,32,39)(H,34,38)/b18-10-,20-15-/t17-,19+,24-,25-,27-,29-/m0/s1. The molecule has 2 amide bonds. The van der Waals surface area contributed by atoms with Crippen LogP contribution in [0.5, 0.6) is 0 Å². The van der Waals surface area contributed by atoms with E-state index in [9.17, 15) is 24.3 Å². The summed E-state index contributed by atoms with van der Waals surface area (Å²) < 4.78 is 16.7. The molecule has 0 aromatic carbocycles. The Morgan fingerprint density at radius 1 is 1.19 bits per heavy atom. The molecule has 0 radical (unpaired) electrons. The molecule has 0 aromatic rings. The van der Waals surface area contributed by atoms with E-state index < -0.39 is 53.9 Å². The average molecular weight is 588 g/mol. The minimum atomic E-state index is -0.967. The van der Waals surface area contributed by atoms with Crippen molar-refractivity contribution in [1.29, 1.82) is 0 Å². The molecular formula is C31H45N3O8. The minimum Gasteiger partial charge on any atom is -0.439 e. The molecule has 0 saturated heterocycles. The zero-order valence-corrected chi connectivity index (χ0v) is 25.4. The molecule has 0 spiro atoms. The normalized spacial score (nSPS) is 31.2. The number of fused-ring (bicyclic) bond motifs is 2. The van der Waals surface area contributed by atoms with Crippen LogP contribution >= 0.6 is 0 Å². The monoisotopic (exact) mass is 587 g/mol. The van der Waals surface area contributed by atoms with E-state index in [2.05, 4.69) is 17.2 Å². The first-order valence-corrected chi connectivity index (χ1v) is 14.1. The Morgan fingerprint density at radius 2 is 1.86 bits per heavy atom. The van der Waals surface area contributed by atoms with Gasteiger partial charge >= 0.3 is 6.09 Å². The number of amides is 2. The van der Waals surface area contributed by atoms with Crippen molar-refractivity contribution in [1.82, 2.24) is 10.6 Å². The number of methoxy groups -OCH3 is 2. The maximum Gasteiger partial charge on any atom is 0.405 e. The summed E-state index contributed by atoms with van der Waals surface area (Å²) in [7, 11) is 2.98. The maximum absolute atomic E-state index is 13.6. The third-order valence-corrected chi connectivity index (χ3v) is 7.54. The molecule has 11 nitrogen and oxygen atoms in total. The molecule has 2 aliphatic rings. The smallest absolute Gasteiger partial charge is 0.405 e. The fourth-order valence-electron chi connectivity index (χ4n) is 5.26. The molecule has 42 heavy (non-hydrogen) atoms. The predicted octanol–water partition coefficient (Wildman–Crippen LogP) is 2.76. The number of aliphatic hydroxyl groups excluding tert-OH is 1. The topological polar surface area (TPSA) is 166 Å². The van der Waals surface area contributed by atoms with E-state index >= 15 is 0 Å². The number of ketones is 2. The Morgan fingerprint density at radius 3 is 2.45 bits per heavy atom. The molecule has 1 aliphatic heterocycles. The van der Waals surface area contributed by atoms with Crippen LogP contribution in [0.15, 0.2) is 59.0 Å². The van der Waals surface area contributed by atoms with Crippen LogP contribution in [0.4, 0.5) is 4.79 Å². The van der Waals surface area contributed by atoms with Crippen LogP contribution in [0.25, 0.3) is 0 Å². The van der Waals surface area contributed by atoms with Gasteiger partial charge in [0.25, 0.3) is 5.91 Å². The molecule has 0 unspecified atom stereocenters. The van der Waals surface area contributed by atoms with E-state index in [0.29, 0.717) is 30.4 Å². The van der Waals surface area contributed by atoms with Crippen LogP contribution < -0.4 is 16.4 Å². The summed E-state index contributed by atoms with van der Waals surface area (Å²) in [5.74, 6) is -2.03. The number of allylic oxidation sites excluding steroid dienone is 3. The van der Waals surface area contributed by atoms with E-state index in [1.807, 2.05) is 13.8 Å². The Bertz CT molecular complexity index is 1170. The van der Waals surface area contributed by atoms with Gasteiger partial charge in [0.1, 0.15) is 0 Å². The lowest BCUT2D eigenvalue weighted by Gasteiger charge is -2.30. The first kappa shape index (κ1) is 34.7. The van der Waals surface area contributed by atoms with Gasteiger partial charge in [0.2, 0.25) is 11.6 Å². The van der Waals surface area contributed by atoms with Crippen molar-refractivity contribution >= 4 is 23.6 Å². The number of rotatable bonds is 6. The van der Waals surface area contributed by atoms with Gasteiger partial charge in [-0.1, -0.05) is 32.1 Å². The molecule has 0 saturated carbocycles. The maximum atomic E-state index is 13.6. The van der Waals surface area contributed by atoms with Crippen molar-refractivity contribution in [2.24, 2.45) is 17.6 Å². The van der Waals surface area contributed by atoms with Crippen LogP contribution in [-0.2, 0) is 28.6 Å². The molecule has 2 bridgehead atoms. The first-order chi connectivity index (χ1) is 19.8. The van der Waals surface area contributed by atoms with Gasteiger partial charge in [0.05, 0.1) is 29.7 Å². The van der Waals surface area contributed by atoms with E-state index in [0.717, 1.165) is 6.08 Å². The fraction of sp³-hybridized carbons (Fsp3) is 0.548. The summed E-state index contributed by atoms with van der Waals surface area (Å²) in [6.07, 6.45) is 3.53. The number of aliphatic hydroxyl groups is 1. The minimum absolute atomic E-state index is 0.108. The molecule has 5 N–H and O–H groups in total. The SMILES string of the molecule is C=CCNC1=C2C[C@H](C)C[C@H](OC)[C@@H](O)[C@H](C)/C=C(/C)[C@H](OC(N)=O)[C@@H](OC)CC/C=C(/C)C(=O)NC(=CC1=O)C2=O. The fourth-order valence-corrected chi connectivity index (χ4v) is 5.26. The second-order valence-electron chi connectivity index (χ2n) is 10.9. The van der Waals surface area contributed by atoms with E-state index in [1.54, 1.807) is 32.1 Å². The number of Topliss-reactive ketones (excluding diaryl/α,β-unsaturated/α-hetero) is 1. The van der Waals surface area contributed by atoms with Gasteiger partial charge in [0.15, 0.2) is 6.10 Å². The zero-order valence-electron chi connectivity index (χ0n) is 25.4. The van der Waals surface area contributed by atoms with Crippen molar-refractivity contribution in [2.75, 3.05) is 20.8 Å². The Labute approximate surface area is 247 Å². The van der Waals surface area contributed by atoms with E-state index in [-0.39, 0.29) is 35.9 Å². The number of nitrogens with one attached hydrogen (secondary N) is 2. The number of ether oxygens (including phenoxy) is 3. The largest absolute Gasteiger partial charge is 0.439 e. The van der Waals surface area contributed by atoms with Gasteiger partial charge in [-0.15, -0.1) is 6.58 Å². The number of carbonyl (C=O) groups is 4. The average Bonchev–Trinajstić information content (AvgIpc) is 2.94. The zero-order chi connectivity index (χ0) is 31.6. The summed E-state index contributed by atoms with van der Waals surface area (Å²) in [6, 6.07) is 0. The van der Waals surface area contributed by atoms with Crippen molar-refractivity contribution < 1.29 is 38.5 Å². The first-order valence-electron chi connectivity index (χ1n) is 14.1. The van der Waals surface area contributed by atoms with Gasteiger partial charge < -0.3 is 35.7 Å². The molecule has 232 valence electrons. The summed E-state index contributed by atoms with van der Waals surface area (Å²) in [4.78, 5) is 51.4. The van der Waals surface area contributed by atoms with Gasteiger partial charge in [-0.2, -0.15) is 0 Å². The summed E-state index contributed by atoms with van der Waals surface area (Å²) in [6.45, 7) is 11.0. The molecule has 0 aromatic heterocycles. The van der Waals surface area contributed by atoms with Gasteiger partial charge in [-0.05, 0) is 51.0 Å².